The highest BCUT2D eigenvalue weighted by atomic mass is 35.5. The smallest absolute Gasteiger partial charge is 0.256 e. The van der Waals surface area contributed by atoms with Crippen LogP contribution in [0.3, 0.4) is 0 Å². The first-order valence-corrected chi connectivity index (χ1v) is 12.0. The summed E-state index contributed by atoms with van der Waals surface area (Å²) in [6.45, 7) is 3.42. The third-order valence-electron chi connectivity index (χ3n) is 5.27. The monoisotopic (exact) mass is 492 g/mol. The Morgan fingerprint density at radius 3 is 2.73 bits per heavy atom. The number of nitrogen functional groups attached to an aromatic ring is 1. The number of hydrogen-bond donors (Lipinski definition) is 2. The number of nitrogens with zero attached hydrogens (tertiary/aromatic N) is 6. The Balaban J connectivity index is 0.000000172. The second-order valence-electron chi connectivity index (χ2n) is 7.30. The average Bonchev–Trinajstić information content (AvgIpc) is 3.34. The number of aryl methyl sites for hydroxylation is 1. The van der Waals surface area contributed by atoms with Crippen LogP contribution in [0.15, 0.2) is 30.7 Å². The molecule has 0 atom stereocenters. The Morgan fingerprint density at radius 1 is 1.33 bits per heavy atom. The number of carbonyl (C=O) groups excluding carboxylic acids is 1. The Morgan fingerprint density at radius 2 is 2.06 bits per heavy atom. The van der Waals surface area contributed by atoms with Crippen molar-refractivity contribution >= 4 is 51.1 Å². The van der Waals surface area contributed by atoms with Gasteiger partial charge in [0.2, 0.25) is 0 Å². The molecule has 0 saturated carbocycles. The fourth-order valence-corrected chi connectivity index (χ4v) is 5.07. The Labute approximate surface area is 195 Å². The van der Waals surface area contributed by atoms with Gasteiger partial charge in [0.1, 0.15) is 16.9 Å². The van der Waals surface area contributed by atoms with Crippen LogP contribution < -0.4 is 16.4 Å². The predicted molar refractivity (Wildman–Crippen MR) is 126 cm³/mol. The standard InChI is InChI=1S/C13H15ClFN3OS.C7H7N5O/c1-2-9-7-10(14)12-11(15)8-16-18(12)13(9)17-3-5-20(19)6-4-17;8-5-4(6(9)13)7-10-2-1-3-12(7)11-5/h7-8H,2-6H2,1H3;1-3H,(H2,8,11)(H2,9,13). The van der Waals surface area contributed by atoms with Crippen molar-refractivity contribution in [2.24, 2.45) is 5.73 Å². The number of amides is 1. The van der Waals surface area contributed by atoms with E-state index in [2.05, 4.69) is 20.1 Å². The van der Waals surface area contributed by atoms with Gasteiger partial charge in [0, 0.05) is 47.8 Å². The van der Waals surface area contributed by atoms with Gasteiger partial charge >= 0.3 is 0 Å². The maximum atomic E-state index is 13.8. The van der Waals surface area contributed by atoms with Crippen molar-refractivity contribution in [3.8, 4) is 0 Å². The van der Waals surface area contributed by atoms with E-state index in [1.807, 2.05) is 13.0 Å². The highest BCUT2D eigenvalue weighted by Crippen LogP contribution is 2.31. The molecule has 1 aliphatic rings. The van der Waals surface area contributed by atoms with E-state index in [9.17, 15) is 13.4 Å². The van der Waals surface area contributed by atoms with Gasteiger partial charge < -0.3 is 16.4 Å². The highest BCUT2D eigenvalue weighted by Gasteiger charge is 2.23. The molecule has 33 heavy (non-hydrogen) atoms. The van der Waals surface area contributed by atoms with Gasteiger partial charge in [-0.1, -0.05) is 18.5 Å². The number of hydrogen-bond acceptors (Lipinski definition) is 7. The van der Waals surface area contributed by atoms with Gasteiger partial charge in [-0.3, -0.25) is 9.00 Å². The summed E-state index contributed by atoms with van der Waals surface area (Å²) in [6, 6.07) is 3.49. The number of primary amides is 1. The van der Waals surface area contributed by atoms with E-state index in [0.717, 1.165) is 17.8 Å². The molecule has 4 aromatic heterocycles. The molecule has 13 heteroatoms. The van der Waals surface area contributed by atoms with Gasteiger partial charge in [-0.25, -0.2) is 18.4 Å². The van der Waals surface area contributed by atoms with E-state index < -0.39 is 22.5 Å². The van der Waals surface area contributed by atoms with Gasteiger partial charge in [-0.2, -0.15) is 5.10 Å². The van der Waals surface area contributed by atoms with E-state index >= 15 is 0 Å². The number of fused-ring (bicyclic) bond motifs is 2. The molecule has 1 aliphatic heterocycles. The van der Waals surface area contributed by atoms with Crippen LogP contribution in [0.4, 0.5) is 16.0 Å². The zero-order valence-electron chi connectivity index (χ0n) is 17.7. The normalized spacial score (nSPS) is 14.5. The second kappa shape index (κ2) is 9.32. The molecule has 5 rings (SSSR count). The minimum atomic E-state index is -0.748. The number of pyridine rings is 1. The maximum Gasteiger partial charge on any atom is 0.256 e. The van der Waals surface area contributed by atoms with Gasteiger partial charge in [0.05, 0.1) is 11.2 Å². The van der Waals surface area contributed by atoms with Gasteiger partial charge in [0.15, 0.2) is 17.3 Å². The van der Waals surface area contributed by atoms with Crippen molar-refractivity contribution in [1.29, 1.82) is 0 Å². The lowest BCUT2D eigenvalue weighted by atomic mass is 10.1. The molecule has 174 valence electrons. The summed E-state index contributed by atoms with van der Waals surface area (Å²) in [5.74, 6) is 1.21. The Kier molecular flexibility index (Phi) is 6.47. The third kappa shape index (κ3) is 4.35. The summed E-state index contributed by atoms with van der Waals surface area (Å²) < 4.78 is 28.3. The van der Waals surface area contributed by atoms with Crippen LogP contribution >= 0.6 is 11.6 Å². The van der Waals surface area contributed by atoms with Gasteiger partial charge in [0.25, 0.3) is 5.91 Å². The first-order chi connectivity index (χ1) is 15.8. The minimum Gasteiger partial charge on any atom is -0.381 e. The Hall–Kier alpha value is -3.25. The average molecular weight is 493 g/mol. The van der Waals surface area contributed by atoms with Crippen LogP contribution in [-0.4, -0.2) is 58.9 Å². The van der Waals surface area contributed by atoms with Crippen LogP contribution in [0.1, 0.15) is 22.8 Å². The molecule has 4 aromatic rings. The van der Waals surface area contributed by atoms with E-state index in [1.54, 1.807) is 23.0 Å². The van der Waals surface area contributed by atoms with E-state index in [1.165, 1.54) is 10.7 Å². The van der Waals surface area contributed by atoms with Crippen molar-refractivity contribution in [2.75, 3.05) is 35.2 Å². The van der Waals surface area contributed by atoms with Crippen LogP contribution in [0.25, 0.3) is 11.2 Å². The van der Waals surface area contributed by atoms with Gasteiger partial charge in [-0.05, 0) is 24.1 Å². The molecule has 0 spiro atoms. The molecule has 0 aliphatic carbocycles. The molecule has 1 saturated heterocycles. The lowest BCUT2D eigenvalue weighted by molar-refractivity contribution is 0.100. The summed E-state index contributed by atoms with van der Waals surface area (Å²) in [5.41, 5.74) is 12.5. The third-order valence-corrected chi connectivity index (χ3v) is 6.83. The number of nitrogens with two attached hydrogens (primary N) is 2. The zero-order chi connectivity index (χ0) is 23.7. The summed E-state index contributed by atoms with van der Waals surface area (Å²) >= 11 is 6.15. The summed E-state index contributed by atoms with van der Waals surface area (Å²) in [4.78, 5) is 17.0. The SMILES string of the molecule is CCc1cc(Cl)c2c(F)cnn2c1N1CCS(=O)CC1.NC(=O)c1c(N)nn2cccnc12. The molecule has 1 amide bonds. The number of carbonyl (C=O) groups is 1. The molecule has 1 fully saturated rings. The minimum absolute atomic E-state index is 0.103. The Bertz CT molecular complexity index is 1360. The van der Waals surface area contributed by atoms with Crippen LogP contribution in [-0.2, 0) is 17.2 Å². The van der Waals surface area contributed by atoms with E-state index in [-0.39, 0.29) is 11.4 Å². The largest absolute Gasteiger partial charge is 0.381 e. The van der Waals surface area contributed by atoms with Crippen LogP contribution in [0, 0.1) is 5.82 Å². The lowest BCUT2D eigenvalue weighted by Gasteiger charge is -2.30. The molecule has 10 nitrogen and oxygen atoms in total. The number of aromatic nitrogens is 5. The van der Waals surface area contributed by atoms with Crippen molar-refractivity contribution in [3.05, 3.63) is 52.7 Å². The first-order valence-electron chi connectivity index (χ1n) is 10.1. The summed E-state index contributed by atoms with van der Waals surface area (Å²) in [7, 11) is -0.748. The lowest BCUT2D eigenvalue weighted by Crippen LogP contribution is -2.39. The van der Waals surface area contributed by atoms with Crippen LogP contribution in [0.2, 0.25) is 5.02 Å². The molecule has 5 heterocycles. The van der Waals surface area contributed by atoms with Crippen molar-refractivity contribution in [3.63, 3.8) is 0 Å². The van der Waals surface area contributed by atoms with E-state index in [0.29, 0.717) is 40.8 Å². The maximum absolute atomic E-state index is 13.8. The molecule has 0 aromatic carbocycles. The van der Waals surface area contributed by atoms with E-state index in [4.69, 9.17) is 23.1 Å². The van der Waals surface area contributed by atoms with Gasteiger partial charge in [-0.15, -0.1) is 5.10 Å². The molecular formula is C20H22ClFN8O2S. The van der Waals surface area contributed by atoms with Crippen LogP contribution in [0.5, 0.6) is 0 Å². The number of halogens is 2. The molecule has 0 unspecified atom stereocenters. The zero-order valence-corrected chi connectivity index (χ0v) is 19.3. The summed E-state index contributed by atoms with van der Waals surface area (Å²) in [5, 5.41) is 8.36. The number of rotatable bonds is 3. The van der Waals surface area contributed by atoms with Crippen molar-refractivity contribution in [2.45, 2.75) is 13.3 Å². The topological polar surface area (TPSA) is 137 Å². The second-order valence-corrected chi connectivity index (χ2v) is 9.40. The fraction of sp³-hybridized carbons (Fsp3) is 0.300. The molecule has 0 bridgehead atoms. The molecule has 4 N–H and O–H groups in total. The molecule has 0 radical (unpaired) electrons. The number of anilines is 2. The predicted octanol–water partition coefficient (Wildman–Crippen LogP) is 1.67. The quantitative estimate of drug-likeness (QED) is 0.443. The summed E-state index contributed by atoms with van der Waals surface area (Å²) in [6.07, 6.45) is 5.16. The first kappa shape index (κ1) is 22.9. The highest BCUT2D eigenvalue weighted by molar-refractivity contribution is 7.85. The van der Waals surface area contributed by atoms with Crippen molar-refractivity contribution in [1.82, 2.24) is 24.2 Å². The fourth-order valence-electron chi connectivity index (χ4n) is 3.71. The molecular weight excluding hydrogens is 471 g/mol. The van der Waals surface area contributed by atoms with Crippen molar-refractivity contribution < 1.29 is 13.4 Å².